The molecule has 0 unspecified atom stereocenters. The second kappa shape index (κ2) is 7.35. The van der Waals surface area contributed by atoms with Gasteiger partial charge in [-0.25, -0.2) is 0 Å². The summed E-state index contributed by atoms with van der Waals surface area (Å²) in [5.74, 6) is -0.286. The highest BCUT2D eigenvalue weighted by Gasteiger charge is 2.32. The molecule has 0 fully saturated rings. The van der Waals surface area contributed by atoms with Crippen LogP contribution in [0.1, 0.15) is 34.1 Å². The van der Waals surface area contributed by atoms with Crippen molar-refractivity contribution in [1.29, 1.82) is 0 Å². The van der Waals surface area contributed by atoms with Gasteiger partial charge in [0.25, 0.3) is 0 Å². The van der Waals surface area contributed by atoms with E-state index in [1.807, 2.05) is 90.3 Å². The standard InChI is InChI=1S/C23H23N3O2/c1-25(2)18-10-8-17(9-11-18)24-23(28)19-14-15-26-20(19)12-13-21(26)22(27)16-6-4-3-5-7-16/h3-13,19H,14-15H2,1-2H3,(H,24,28)/t19-/m1/s1. The van der Waals surface area contributed by atoms with Crippen LogP contribution in [0.25, 0.3) is 0 Å². The molecule has 0 saturated heterocycles. The van der Waals surface area contributed by atoms with Gasteiger partial charge < -0.3 is 14.8 Å². The summed E-state index contributed by atoms with van der Waals surface area (Å²) in [5.41, 5.74) is 4.07. The van der Waals surface area contributed by atoms with E-state index in [1.54, 1.807) is 0 Å². The topological polar surface area (TPSA) is 54.3 Å². The van der Waals surface area contributed by atoms with Crippen LogP contribution in [0.4, 0.5) is 11.4 Å². The lowest BCUT2D eigenvalue weighted by molar-refractivity contribution is -0.117. The fourth-order valence-corrected chi connectivity index (χ4v) is 3.72. The highest BCUT2D eigenvalue weighted by Crippen LogP contribution is 2.32. The molecule has 2 aromatic carbocycles. The number of aromatic nitrogens is 1. The molecule has 4 rings (SSSR count). The molecule has 0 saturated carbocycles. The van der Waals surface area contributed by atoms with Crippen LogP contribution < -0.4 is 10.2 Å². The molecule has 0 bridgehead atoms. The summed E-state index contributed by atoms with van der Waals surface area (Å²) in [4.78, 5) is 27.6. The third kappa shape index (κ3) is 3.31. The van der Waals surface area contributed by atoms with Crippen LogP contribution >= 0.6 is 0 Å². The first-order chi connectivity index (χ1) is 13.5. The number of fused-ring (bicyclic) bond motifs is 1. The van der Waals surface area contributed by atoms with Crippen LogP contribution in [0.2, 0.25) is 0 Å². The van der Waals surface area contributed by atoms with E-state index in [9.17, 15) is 9.59 Å². The third-order valence-electron chi connectivity index (χ3n) is 5.25. The minimum absolute atomic E-state index is 0.00724. The molecule has 5 heteroatoms. The Hall–Kier alpha value is -3.34. The van der Waals surface area contributed by atoms with Gasteiger partial charge in [-0.2, -0.15) is 0 Å². The Kier molecular flexibility index (Phi) is 4.74. The Balaban J connectivity index is 1.51. The van der Waals surface area contributed by atoms with Gasteiger partial charge in [0, 0.05) is 43.3 Å². The number of benzene rings is 2. The lowest BCUT2D eigenvalue weighted by Crippen LogP contribution is -2.19. The van der Waals surface area contributed by atoms with Crippen molar-refractivity contribution < 1.29 is 9.59 Å². The molecule has 142 valence electrons. The van der Waals surface area contributed by atoms with E-state index in [0.717, 1.165) is 17.1 Å². The molecule has 0 radical (unpaired) electrons. The number of carbonyl (C=O) groups excluding carboxylic acids is 2. The number of ketones is 1. The van der Waals surface area contributed by atoms with E-state index in [1.165, 1.54) is 0 Å². The highest BCUT2D eigenvalue weighted by atomic mass is 16.2. The fraction of sp³-hybridized carbons (Fsp3) is 0.217. The average Bonchev–Trinajstić information content (AvgIpc) is 3.30. The maximum absolute atomic E-state index is 12.8. The molecule has 0 aliphatic carbocycles. The van der Waals surface area contributed by atoms with Crippen molar-refractivity contribution in [3.63, 3.8) is 0 Å². The monoisotopic (exact) mass is 373 g/mol. The first-order valence-corrected chi connectivity index (χ1v) is 9.42. The Morgan fingerprint density at radius 3 is 2.36 bits per heavy atom. The largest absolute Gasteiger partial charge is 0.378 e. The first kappa shape index (κ1) is 18.0. The molecular formula is C23H23N3O2. The number of hydrogen-bond acceptors (Lipinski definition) is 3. The van der Waals surface area contributed by atoms with Gasteiger partial charge >= 0.3 is 0 Å². The van der Waals surface area contributed by atoms with Crippen LogP contribution in [-0.4, -0.2) is 30.4 Å². The van der Waals surface area contributed by atoms with E-state index in [-0.39, 0.29) is 17.6 Å². The van der Waals surface area contributed by atoms with Gasteiger partial charge in [0.15, 0.2) is 0 Å². The summed E-state index contributed by atoms with van der Waals surface area (Å²) in [5, 5.41) is 3.01. The maximum atomic E-state index is 12.8. The van der Waals surface area contributed by atoms with Crippen LogP contribution in [-0.2, 0) is 11.3 Å². The summed E-state index contributed by atoms with van der Waals surface area (Å²) in [7, 11) is 3.96. The van der Waals surface area contributed by atoms with Crippen LogP contribution in [0.3, 0.4) is 0 Å². The number of anilines is 2. The molecule has 1 aromatic heterocycles. The molecule has 1 aliphatic heterocycles. The molecule has 1 N–H and O–H groups in total. The molecule has 3 aromatic rings. The summed E-state index contributed by atoms with van der Waals surface area (Å²) in [6.07, 6.45) is 0.701. The van der Waals surface area contributed by atoms with Gasteiger partial charge in [0.2, 0.25) is 11.7 Å². The number of nitrogens with one attached hydrogen (secondary N) is 1. The molecule has 1 amide bonds. The summed E-state index contributed by atoms with van der Waals surface area (Å²) in [6.45, 7) is 0.674. The van der Waals surface area contributed by atoms with E-state index < -0.39 is 0 Å². The van der Waals surface area contributed by atoms with Gasteiger partial charge in [-0.15, -0.1) is 0 Å². The zero-order chi connectivity index (χ0) is 19.7. The van der Waals surface area contributed by atoms with Crippen LogP contribution in [0.5, 0.6) is 0 Å². The summed E-state index contributed by atoms with van der Waals surface area (Å²) in [6, 6.07) is 20.8. The Labute approximate surface area is 164 Å². The van der Waals surface area contributed by atoms with Gasteiger partial charge in [-0.3, -0.25) is 9.59 Å². The molecular weight excluding hydrogens is 350 g/mol. The minimum atomic E-state index is -0.245. The molecule has 1 atom stereocenters. The number of amides is 1. The van der Waals surface area contributed by atoms with Gasteiger partial charge in [-0.1, -0.05) is 30.3 Å². The number of rotatable bonds is 5. The van der Waals surface area contributed by atoms with Crippen molar-refractivity contribution in [3.8, 4) is 0 Å². The van der Waals surface area contributed by atoms with E-state index in [2.05, 4.69) is 5.32 Å². The highest BCUT2D eigenvalue weighted by molar-refractivity contribution is 6.08. The molecule has 2 heterocycles. The maximum Gasteiger partial charge on any atom is 0.233 e. The van der Waals surface area contributed by atoms with E-state index >= 15 is 0 Å². The number of nitrogens with zero attached hydrogens (tertiary/aromatic N) is 2. The number of carbonyl (C=O) groups is 2. The van der Waals surface area contributed by atoms with Crippen molar-refractivity contribution in [2.24, 2.45) is 0 Å². The van der Waals surface area contributed by atoms with E-state index in [0.29, 0.717) is 24.2 Å². The van der Waals surface area contributed by atoms with Crippen molar-refractivity contribution in [2.75, 3.05) is 24.3 Å². The lowest BCUT2D eigenvalue weighted by Gasteiger charge is -2.14. The predicted octanol–water partition coefficient (Wildman–Crippen LogP) is 3.91. The van der Waals surface area contributed by atoms with E-state index in [4.69, 9.17) is 0 Å². The Bertz CT molecular complexity index is 1000. The van der Waals surface area contributed by atoms with Crippen molar-refractivity contribution in [2.45, 2.75) is 18.9 Å². The average molecular weight is 373 g/mol. The van der Waals surface area contributed by atoms with Crippen LogP contribution in [0, 0.1) is 0 Å². The second-order valence-electron chi connectivity index (χ2n) is 7.26. The van der Waals surface area contributed by atoms with Gasteiger partial charge in [0.05, 0.1) is 11.6 Å². The van der Waals surface area contributed by atoms with Crippen LogP contribution in [0.15, 0.2) is 66.7 Å². The smallest absolute Gasteiger partial charge is 0.233 e. The molecule has 28 heavy (non-hydrogen) atoms. The minimum Gasteiger partial charge on any atom is -0.378 e. The SMILES string of the molecule is CN(C)c1ccc(NC(=O)[C@@H]2CCn3c(C(=O)c4ccccc4)ccc32)cc1. The summed E-state index contributed by atoms with van der Waals surface area (Å²) >= 11 is 0. The molecule has 5 nitrogen and oxygen atoms in total. The zero-order valence-electron chi connectivity index (χ0n) is 16.1. The number of hydrogen-bond donors (Lipinski definition) is 1. The Morgan fingerprint density at radius 1 is 0.964 bits per heavy atom. The van der Waals surface area contributed by atoms with Crippen molar-refractivity contribution >= 4 is 23.1 Å². The lowest BCUT2D eigenvalue weighted by atomic mass is 10.0. The first-order valence-electron chi connectivity index (χ1n) is 9.42. The predicted molar refractivity (Wildman–Crippen MR) is 111 cm³/mol. The quantitative estimate of drug-likeness (QED) is 0.690. The van der Waals surface area contributed by atoms with Gasteiger partial charge in [0.1, 0.15) is 0 Å². The van der Waals surface area contributed by atoms with Crippen molar-refractivity contribution in [3.05, 3.63) is 83.7 Å². The Morgan fingerprint density at radius 2 is 1.68 bits per heavy atom. The van der Waals surface area contributed by atoms with Crippen molar-refractivity contribution in [1.82, 2.24) is 4.57 Å². The third-order valence-corrected chi connectivity index (χ3v) is 5.25. The molecule has 0 spiro atoms. The fourth-order valence-electron chi connectivity index (χ4n) is 3.72. The summed E-state index contributed by atoms with van der Waals surface area (Å²) < 4.78 is 1.98. The second-order valence-corrected chi connectivity index (χ2v) is 7.26. The zero-order valence-corrected chi connectivity index (χ0v) is 16.1. The molecule has 1 aliphatic rings. The van der Waals surface area contributed by atoms with Gasteiger partial charge in [-0.05, 0) is 42.8 Å². The normalized spacial score (nSPS) is 15.1.